The summed E-state index contributed by atoms with van der Waals surface area (Å²) in [6.45, 7) is 1.81. The predicted octanol–water partition coefficient (Wildman–Crippen LogP) is 2.91. The van der Waals surface area contributed by atoms with E-state index in [1.54, 1.807) is 37.3 Å². The van der Waals surface area contributed by atoms with Crippen molar-refractivity contribution in [2.24, 2.45) is 5.92 Å². The second kappa shape index (κ2) is 8.17. The minimum Gasteiger partial charge on any atom is -0.497 e. The lowest BCUT2D eigenvalue weighted by atomic mass is 10.1. The van der Waals surface area contributed by atoms with Gasteiger partial charge in [-0.25, -0.2) is 0 Å². The first-order chi connectivity index (χ1) is 13.8. The zero-order chi connectivity index (χ0) is 21.1. The summed E-state index contributed by atoms with van der Waals surface area (Å²) >= 11 is 0. The fourth-order valence-corrected chi connectivity index (χ4v) is 3.25. The summed E-state index contributed by atoms with van der Waals surface area (Å²) in [5.74, 6) is -0.106. The molecule has 3 rings (SSSR count). The molecule has 1 saturated heterocycles. The number of carbonyl (C=O) groups is 2. The molecular formula is C20H21N3O6. The van der Waals surface area contributed by atoms with E-state index in [9.17, 15) is 19.7 Å². The zero-order valence-corrected chi connectivity index (χ0v) is 16.3. The number of rotatable bonds is 6. The summed E-state index contributed by atoms with van der Waals surface area (Å²) < 4.78 is 10.5. The molecule has 9 nitrogen and oxygen atoms in total. The van der Waals surface area contributed by atoms with Gasteiger partial charge in [0.25, 0.3) is 5.69 Å². The van der Waals surface area contributed by atoms with E-state index in [-0.39, 0.29) is 30.5 Å². The normalized spacial score (nSPS) is 15.9. The van der Waals surface area contributed by atoms with E-state index in [0.717, 1.165) is 0 Å². The highest BCUT2D eigenvalue weighted by molar-refractivity contribution is 6.04. The summed E-state index contributed by atoms with van der Waals surface area (Å²) in [6.07, 6.45) is 0.0367. The molecule has 2 aromatic carbocycles. The highest BCUT2D eigenvalue weighted by Gasteiger charge is 2.36. The molecule has 0 saturated carbocycles. The van der Waals surface area contributed by atoms with Crippen LogP contribution in [0, 0.1) is 23.0 Å². The van der Waals surface area contributed by atoms with Crippen LogP contribution in [-0.2, 0) is 9.59 Å². The van der Waals surface area contributed by atoms with Crippen LogP contribution < -0.4 is 19.7 Å². The van der Waals surface area contributed by atoms with Gasteiger partial charge in [-0.3, -0.25) is 19.7 Å². The minimum absolute atomic E-state index is 0.0367. The Balaban J connectivity index is 1.76. The maximum absolute atomic E-state index is 12.6. The number of nitro groups is 1. The molecule has 152 valence electrons. The summed E-state index contributed by atoms with van der Waals surface area (Å²) in [5.41, 5.74) is 1.30. The SMILES string of the molecule is COc1ccc(N2CC(C(=O)Nc3ccc(C)c([N+](=O)[O-])c3)CC2=O)c(OC)c1. The van der Waals surface area contributed by atoms with Gasteiger partial charge in [0.1, 0.15) is 11.5 Å². The van der Waals surface area contributed by atoms with Crippen molar-refractivity contribution in [2.45, 2.75) is 13.3 Å². The molecule has 0 spiro atoms. The molecule has 1 aliphatic heterocycles. The molecule has 2 aromatic rings. The van der Waals surface area contributed by atoms with Crippen molar-refractivity contribution in [1.29, 1.82) is 0 Å². The zero-order valence-electron chi connectivity index (χ0n) is 16.3. The molecule has 0 bridgehead atoms. The van der Waals surface area contributed by atoms with Crippen LogP contribution >= 0.6 is 0 Å². The number of carbonyl (C=O) groups excluding carboxylic acids is 2. The van der Waals surface area contributed by atoms with Gasteiger partial charge in [-0.1, -0.05) is 6.07 Å². The van der Waals surface area contributed by atoms with Crippen LogP contribution in [0.25, 0.3) is 0 Å². The summed E-state index contributed by atoms with van der Waals surface area (Å²) in [5, 5.41) is 13.8. The Kier molecular flexibility index (Phi) is 5.67. The second-order valence-corrected chi connectivity index (χ2v) is 6.69. The third-order valence-corrected chi connectivity index (χ3v) is 4.85. The lowest BCUT2D eigenvalue weighted by Crippen LogP contribution is -2.28. The number of nitro benzene ring substituents is 1. The molecule has 1 fully saturated rings. The van der Waals surface area contributed by atoms with Crippen LogP contribution in [0.2, 0.25) is 0 Å². The molecular weight excluding hydrogens is 378 g/mol. The van der Waals surface area contributed by atoms with E-state index in [1.807, 2.05) is 0 Å². The number of methoxy groups -OCH3 is 2. The lowest BCUT2D eigenvalue weighted by Gasteiger charge is -2.20. The Morgan fingerprint density at radius 3 is 2.62 bits per heavy atom. The predicted molar refractivity (Wildman–Crippen MR) is 106 cm³/mol. The number of benzene rings is 2. The fourth-order valence-electron chi connectivity index (χ4n) is 3.25. The number of aryl methyl sites for hydroxylation is 1. The van der Waals surface area contributed by atoms with Gasteiger partial charge >= 0.3 is 0 Å². The van der Waals surface area contributed by atoms with Crippen molar-refractivity contribution in [3.8, 4) is 11.5 Å². The average molecular weight is 399 g/mol. The quantitative estimate of drug-likeness (QED) is 0.591. The lowest BCUT2D eigenvalue weighted by molar-refractivity contribution is -0.385. The number of amides is 2. The van der Waals surface area contributed by atoms with Crippen LogP contribution in [0.4, 0.5) is 17.1 Å². The third-order valence-electron chi connectivity index (χ3n) is 4.85. The van der Waals surface area contributed by atoms with E-state index in [4.69, 9.17) is 9.47 Å². The minimum atomic E-state index is -0.588. The molecule has 0 aliphatic carbocycles. The van der Waals surface area contributed by atoms with Crippen molar-refractivity contribution in [1.82, 2.24) is 0 Å². The van der Waals surface area contributed by atoms with Gasteiger partial charge in [-0.05, 0) is 25.1 Å². The smallest absolute Gasteiger partial charge is 0.274 e. The number of anilines is 2. The summed E-state index contributed by atoms with van der Waals surface area (Å²) in [7, 11) is 3.03. The van der Waals surface area contributed by atoms with Gasteiger partial charge in [0.15, 0.2) is 0 Å². The van der Waals surface area contributed by atoms with Crippen LogP contribution in [0.1, 0.15) is 12.0 Å². The van der Waals surface area contributed by atoms with Crippen molar-refractivity contribution >= 4 is 28.9 Å². The van der Waals surface area contributed by atoms with Gasteiger partial charge in [0.05, 0.1) is 30.7 Å². The van der Waals surface area contributed by atoms with Crippen LogP contribution in [0.5, 0.6) is 11.5 Å². The standard InChI is InChI=1S/C20H21N3O6/c1-12-4-5-14(9-17(12)23(26)27)21-20(25)13-8-19(24)22(11-13)16-7-6-15(28-2)10-18(16)29-3/h4-7,9-10,13H,8,11H2,1-3H3,(H,21,25). The maximum Gasteiger partial charge on any atom is 0.274 e. The highest BCUT2D eigenvalue weighted by Crippen LogP contribution is 2.36. The van der Waals surface area contributed by atoms with E-state index < -0.39 is 10.8 Å². The monoisotopic (exact) mass is 399 g/mol. The van der Waals surface area contributed by atoms with Gasteiger partial charge in [0.2, 0.25) is 11.8 Å². The number of hydrogen-bond acceptors (Lipinski definition) is 6. The molecule has 1 atom stereocenters. The van der Waals surface area contributed by atoms with Gasteiger partial charge < -0.3 is 19.7 Å². The number of nitrogens with zero attached hydrogens (tertiary/aromatic N) is 2. The molecule has 2 amide bonds. The Hall–Kier alpha value is -3.62. The van der Waals surface area contributed by atoms with Crippen LogP contribution in [-0.4, -0.2) is 37.5 Å². The number of ether oxygens (including phenoxy) is 2. The van der Waals surface area contributed by atoms with Crippen LogP contribution in [0.15, 0.2) is 36.4 Å². The maximum atomic E-state index is 12.6. The van der Waals surface area contributed by atoms with Crippen molar-refractivity contribution in [3.05, 3.63) is 52.1 Å². The largest absolute Gasteiger partial charge is 0.497 e. The Morgan fingerprint density at radius 1 is 1.21 bits per heavy atom. The highest BCUT2D eigenvalue weighted by atomic mass is 16.6. The fraction of sp³-hybridized carbons (Fsp3) is 0.300. The molecule has 1 aliphatic rings. The van der Waals surface area contributed by atoms with Crippen molar-refractivity contribution in [3.63, 3.8) is 0 Å². The molecule has 29 heavy (non-hydrogen) atoms. The Labute approximate surface area is 167 Å². The molecule has 1 unspecified atom stereocenters. The number of hydrogen-bond donors (Lipinski definition) is 1. The Morgan fingerprint density at radius 2 is 1.97 bits per heavy atom. The Bertz CT molecular complexity index is 975. The first-order valence-electron chi connectivity index (χ1n) is 8.92. The van der Waals surface area contributed by atoms with Crippen molar-refractivity contribution in [2.75, 3.05) is 31.0 Å². The summed E-state index contributed by atoms with van der Waals surface area (Å²) in [4.78, 5) is 37.3. The van der Waals surface area contributed by atoms with Crippen LogP contribution in [0.3, 0.4) is 0 Å². The van der Waals surface area contributed by atoms with E-state index in [2.05, 4.69) is 5.32 Å². The molecule has 0 radical (unpaired) electrons. The van der Waals surface area contributed by atoms with E-state index in [0.29, 0.717) is 28.4 Å². The van der Waals surface area contributed by atoms with E-state index in [1.165, 1.54) is 25.2 Å². The van der Waals surface area contributed by atoms with E-state index >= 15 is 0 Å². The first-order valence-corrected chi connectivity index (χ1v) is 8.92. The average Bonchev–Trinajstić information content (AvgIpc) is 3.10. The van der Waals surface area contributed by atoms with Gasteiger partial charge in [0, 0.05) is 36.3 Å². The molecule has 1 N–H and O–H groups in total. The summed E-state index contributed by atoms with van der Waals surface area (Å²) in [6, 6.07) is 9.57. The molecule has 1 heterocycles. The third kappa shape index (κ3) is 4.13. The van der Waals surface area contributed by atoms with Gasteiger partial charge in [-0.2, -0.15) is 0 Å². The first kappa shape index (κ1) is 20.1. The molecule has 0 aromatic heterocycles. The second-order valence-electron chi connectivity index (χ2n) is 6.69. The molecule has 9 heteroatoms. The number of nitrogens with one attached hydrogen (secondary N) is 1. The van der Waals surface area contributed by atoms with Gasteiger partial charge in [-0.15, -0.1) is 0 Å². The van der Waals surface area contributed by atoms with Crippen molar-refractivity contribution < 1.29 is 24.0 Å². The topological polar surface area (TPSA) is 111 Å².